The molecule has 0 saturated carbocycles. The molecule has 158 valence electrons. The van der Waals surface area contributed by atoms with Crippen LogP contribution < -0.4 is 4.74 Å². The fraction of sp³-hybridized carbons (Fsp3) is 0.625. The predicted molar refractivity (Wildman–Crippen MR) is 115 cm³/mol. The number of hydrogen-bond donors (Lipinski definition) is 2. The third-order valence-electron chi connectivity index (χ3n) is 5.73. The Balaban J connectivity index is 0.000000921. The summed E-state index contributed by atoms with van der Waals surface area (Å²) in [5.41, 5.74) is -0.238. The summed E-state index contributed by atoms with van der Waals surface area (Å²) in [5, 5.41) is 22.0. The largest absolute Gasteiger partial charge is 0.504 e. The van der Waals surface area contributed by atoms with Gasteiger partial charge in [-0.15, -0.1) is 0 Å². The van der Waals surface area contributed by atoms with Crippen molar-refractivity contribution in [1.82, 2.24) is 0 Å². The molecule has 1 aromatic carbocycles. The van der Waals surface area contributed by atoms with Gasteiger partial charge in [0.05, 0.1) is 11.0 Å². The van der Waals surface area contributed by atoms with E-state index in [1.165, 1.54) is 6.08 Å². The number of fused-ring (bicyclic) bond motifs is 3. The summed E-state index contributed by atoms with van der Waals surface area (Å²) in [6.07, 6.45) is 4.46. The first-order valence-electron chi connectivity index (χ1n) is 10.8. The number of benzene rings is 1. The van der Waals surface area contributed by atoms with Crippen LogP contribution in [-0.2, 0) is 16.6 Å². The Kier molecular flexibility index (Phi) is 8.30. The van der Waals surface area contributed by atoms with Gasteiger partial charge in [-0.05, 0) is 42.5 Å². The first kappa shape index (κ1) is 24.2. The normalized spacial score (nSPS) is 27.1. The molecule has 0 radical (unpaired) electrons. The van der Waals surface area contributed by atoms with E-state index < -0.39 is 17.1 Å². The van der Waals surface area contributed by atoms with Crippen LogP contribution in [0.4, 0.5) is 0 Å². The maximum absolute atomic E-state index is 12.6. The highest BCUT2D eigenvalue weighted by Crippen LogP contribution is 2.59. The van der Waals surface area contributed by atoms with Gasteiger partial charge in [0, 0.05) is 5.56 Å². The summed E-state index contributed by atoms with van der Waals surface area (Å²) in [6.45, 7) is 16.0. The Morgan fingerprint density at radius 2 is 1.75 bits per heavy atom. The SMILES string of the molecule is CC.CC.CCCC12c3c(CC)ccc(O)c3O[C@H]1C(=O)C=CC2(O)C(C)C. The molecule has 0 amide bonds. The summed E-state index contributed by atoms with van der Waals surface area (Å²) in [6, 6.07) is 3.49. The van der Waals surface area contributed by atoms with Crippen molar-refractivity contribution in [3.63, 3.8) is 0 Å². The van der Waals surface area contributed by atoms with Crippen LogP contribution in [0.15, 0.2) is 24.3 Å². The molecular weight excluding hydrogens is 352 g/mol. The molecule has 4 nitrogen and oxygen atoms in total. The van der Waals surface area contributed by atoms with Crippen LogP contribution in [0.2, 0.25) is 0 Å². The standard InChI is InChI=1S/C20H26O4.2C2H6/c1-5-10-19-16-13(6-2)7-8-14(21)17(16)24-18(19)15(22)9-11-20(19,23)12(3)4;2*1-2/h7-9,11-12,18,21,23H,5-6,10H2,1-4H3;2*1-2H3/t18-,19?,20?;;/m0../s1. The van der Waals surface area contributed by atoms with Crippen LogP contribution in [0, 0.1) is 5.92 Å². The summed E-state index contributed by atoms with van der Waals surface area (Å²) in [4.78, 5) is 12.6. The van der Waals surface area contributed by atoms with Crippen LogP contribution >= 0.6 is 0 Å². The second kappa shape index (κ2) is 9.60. The average Bonchev–Trinajstić information content (AvgIpc) is 3.07. The van der Waals surface area contributed by atoms with Gasteiger partial charge in [-0.3, -0.25) is 4.79 Å². The topological polar surface area (TPSA) is 66.8 Å². The highest BCUT2D eigenvalue weighted by molar-refractivity contribution is 5.98. The molecule has 0 bridgehead atoms. The third kappa shape index (κ3) is 3.36. The number of phenols is 1. The lowest BCUT2D eigenvalue weighted by Gasteiger charge is -2.50. The minimum absolute atomic E-state index is 0.0333. The minimum atomic E-state index is -1.20. The molecule has 2 aliphatic rings. The number of carbonyl (C=O) groups is 1. The molecular formula is C24H38O4. The highest BCUT2D eigenvalue weighted by atomic mass is 16.5. The minimum Gasteiger partial charge on any atom is -0.504 e. The van der Waals surface area contributed by atoms with E-state index >= 15 is 0 Å². The van der Waals surface area contributed by atoms with Gasteiger partial charge < -0.3 is 14.9 Å². The number of aryl methyl sites for hydroxylation is 1. The Morgan fingerprint density at radius 1 is 1.14 bits per heavy atom. The molecule has 3 atom stereocenters. The molecule has 0 aromatic heterocycles. The molecule has 1 heterocycles. The van der Waals surface area contributed by atoms with E-state index in [0.29, 0.717) is 12.2 Å². The number of ether oxygens (including phenoxy) is 1. The van der Waals surface area contributed by atoms with E-state index in [-0.39, 0.29) is 17.5 Å². The van der Waals surface area contributed by atoms with Crippen molar-refractivity contribution >= 4 is 5.78 Å². The Labute approximate surface area is 170 Å². The molecule has 1 aliphatic carbocycles. The molecule has 1 aromatic rings. The molecule has 2 unspecified atom stereocenters. The van der Waals surface area contributed by atoms with E-state index in [9.17, 15) is 15.0 Å². The number of aromatic hydroxyl groups is 1. The zero-order valence-electron chi connectivity index (χ0n) is 18.8. The van der Waals surface area contributed by atoms with Gasteiger partial charge >= 0.3 is 0 Å². The Morgan fingerprint density at radius 3 is 2.25 bits per heavy atom. The lowest BCUT2D eigenvalue weighted by atomic mass is 9.55. The summed E-state index contributed by atoms with van der Waals surface area (Å²) >= 11 is 0. The van der Waals surface area contributed by atoms with Gasteiger partial charge in [0.25, 0.3) is 0 Å². The van der Waals surface area contributed by atoms with Crippen LogP contribution in [-0.4, -0.2) is 27.7 Å². The zero-order chi connectivity index (χ0) is 21.7. The molecule has 1 aliphatic heterocycles. The van der Waals surface area contributed by atoms with Crippen LogP contribution in [0.1, 0.15) is 79.4 Å². The Hall–Kier alpha value is -1.81. The van der Waals surface area contributed by atoms with E-state index in [4.69, 9.17) is 4.74 Å². The lowest BCUT2D eigenvalue weighted by molar-refractivity contribution is -0.135. The fourth-order valence-corrected chi connectivity index (χ4v) is 4.58. The maximum atomic E-state index is 12.6. The van der Waals surface area contributed by atoms with Crippen molar-refractivity contribution in [1.29, 1.82) is 0 Å². The molecule has 0 saturated heterocycles. The monoisotopic (exact) mass is 390 g/mol. The first-order chi connectivity index (χ1) is 13.3. The van der Waals surface area contributed by atoms with Gasteiger partial charge in [-0.1, -0.05) is 67.9 Å². The second-order valence-electron chi connectivity index (χ2n) is 7.24. The van der Waals surface area contributed by atoms with E-state index in [1.807, 2.05) is 61.5 Å². The molecule has 28 heavy (non-hydrogen) atoms. The van der Waals surface area contributed by atoms with E-state index in [0.717, 1.165) is 24.0 Å². The highest BCUT2D eigenvalue weighted by Gasteiger charge is 2.65. The van der Waals surface area contributed by atoms with Crippen molar-refractivity contribution < 1.29 is 19.7 Å². The van der Waals surface area contributed by atoms with Crippen molar-refractivity contribution in [3.05, 3.63) is 35.4 Å². The number of rotatable bonds is 4. The third-order valence-corrected chi connectivity index (χ3v) is 5.73. The van der Waals surface area contributed by atoms with Crippen molar-refractivity contribution in [2.75, 3.05) is 0 Å². The van der Waals surface area contributed by atoms with Crippen molar-refractivity contribution in [3.8, 4) is 11.5 Å². The van der Waals surface area contributed by atoms with Gasteiger partial charge in [0.1, 0.15) is 0 Å². The van der Waals surface area contributed by atoms with Gasteiger partial charge in [0.15, 0.2) is 23.4 Å². The van der Waals surface area contributed by atoms with Crippen molar-refractivity contribution in [2.45, 2.75) is 91.8 Å². The zero-order valence-corrected chi connectivity index (χ0v) is 18.8. The predicted octanol–water partition coefficient (Wildman–Crippen LogP) is 5.33. The maximum Gasteiger partial charge on any atom is 0.196 e. The molecule has 4 heteroatoms. The average molecular weight is 391 g/mol. The van der Waals surface area contributed by atoms with E-state index in [2.05, 4.69) is 0 Å². The Bertz CT molecular complexity index is 707. The molecule has 2 N–H and O–H groups in total. The second-order valence-corrected chi connectivity index (χ2v) is 7.24. The summed E-state index contributed by atoms with van der Waals surface area (Å²) in [7, 11) is 0. The van der Waals surface area contributed by atoms with Gasteiger partial charge in [0.2, 0.25) is 0 Å². The number of aliphatic hydroxyl groups is 1. The quantitative estimate of drug-likeness (QED) is 0.729. The molecule has 3 rings (SSSR count). The molecule has 0 spiro atoms. The number of hydrogen-bond acceptors (Lipinski definition) is 4. The smallest absolute Gasteiger partial charge is 0.196 e. The fourth-order valence-electron chi connectivity index (χ4n) is 4.58. The van der Waals surface area contributed by atoms with Gasteiger partial charge in [-0.25, -0.2) is 0 Å². The van der Waals surface area contributed by atoms with Crippen LogP contribution in [0.25, 0.3) is 0 Å². The summed E-state index contributed by atoms with van der Waals surface area (Å²) < 4.78 is 5.99. The van der Waals surface area contributed by atoms with Gasteiger partial charge in [-0.2, -0.15) is 0 Å². The lowest BCUT2D eigenvalue weighted by Crippen LogP contribution is -2.63. The van der Waals surface area contributed by atoms with Crippen molar-refractivity contribution in [2.24, 2.45) is 5.92 Å². The van der Waals surface area contributed by atoms with Crippen LogP contribution in [0.3, 0.4) is 0 Å². The summed E-state index contributed by atoms with van der Waals surface area (Å²) in [5.74, 6) is 0.152. The first-order valence-corrected chi connectivity index (χ1v) is 10.8. The van der Waals surface area contributed by atoms with E-state index in [1.54, 1.807) is 12.1 Å². The molecule has 0 fully saturated rings. The number of ketones is 1. The number of phenolic OH excluding ortho intramolecular Hbond substituents is 1. The number of carbonyl (C=O) groups excluding carboxylic acids is 1. The van der Waals surface area contributed by atoms with Crippen LogP contribution in [0.5, 0.6) is 11.5 Å².